The molecule has 1 aromatic carbocycles. The van der Waals surface area contributed by atoms with Crippen LogP contribution in [-0.4, -0.2) is 15.1 Å². The Labute approximate surface area is 104 Å². The molecule has 0 aliphatic carbocycles. The minimum absolute atomic E-state index is 0.105. The molecule has 0 saturated heterocycles. The standard InChI is InChI=1S/C12H12ClN3O/c1-8-10(13)3-2-4-11(8)16-12-14-6-5-9(7-17)15-12/h2-6,17H,7H2,1H3,(H,14,15,16). The predicted molar refractivity (Wildman–Crippen MR) is 67.4 cm³/mol. The topological polar surface area (TPSA) is 58.0 Å². The summed E-state index contributed by atoms with van der Waals surface area (Å²) in [5, 5.41) is 12.7. The van der Waals surface area contributed by atoms with E-state index in [0.29, 0.717) is 16.7 Å². The maximum Gasteiger partial charge on any atom is 0.227 e. The van der Waals surface area contributed by atoms with Gasteiger partial charge in [-0.15, -0.1) is 0 Å². The smallest absolute Gasteiger partial charge is 0.227 e. The fourth-order valence-electron chi connectivity index (χ4n) is 1.41. The van der Waals surface area contributed by atoms with E-state index in [9.17, 15) is 0 Å². The Kier molecular flexibility index (Phi) is 3.56. The van der Waals surface area contributed by atoms with Gasteiger partial charge in [-0.2, -0.15) is 0 Å². The number of rotatable bonds is 3. The third kappa shape index (κ3) is 2.72. The first-order valence-corrected chi connectivity index (χ1v) is 5.53. The van der Waals surface area contributed by atoms with Gasteiger partial charge in [-0.05, 0) is 30.7 Å². The number of hydrogen-bond acceptors (Lipinski definition) is 4. The molecule has 17 heavy (non-hydrogen) atoms. The van der Waals surface area contributed by atoms with Crippen LogP contribution < -0.4 is 5.32 Å². The number of aromatic nitrogens is 2. The molecule has 0 saturated carbocycles. The summed E-state index contributed by atoms with van der Waals surface area (Å²) >= 11 is 6.02. The van der Waals surface area contributed by atoms with Gasteiger partial charge in [0.05, 0.1) is 12.3 Å². The van der Waals surface area contributed by atoms with E-state index >= 15 is 0 Å². The van der Waals surface area contributed by atoms with Crippen molar-refractivity contribution in [2.75, 3.05) is 5.32 Å². The minimum Gasteiger partial charge on any atom is -0.390 e. The van der Waals surface area contributed by atoms with Gasteiger partial charge in [-0.25, -0.2) is 9.97 Å². The molecular formula is C12H12ClN3O. The number of nitrogens with zero attached hydrogens (tertiary/aromatic N) is 2. The van der Waals surface area contributed by atoms with E-state index in [1.165, 1.54) is 0 Å². The Hall–Kier alpha value is -1.65. The molecule has 0 bridgehead atoms. The maximum atomic E-state index is 8.99. The summed E-state index contributed by atoms with van der Waals surface area (Å²) in [4.78, 5) is 8.22. The first-order chi connectivity index (χ1) is 8.20. The molecule has 1 heterocycles. The number of hydrogen-bond donors (Lipinski definition) is 2. The van der Waals surface area contributed by atoms with Gasteiger partial charge in [0.25, 0.3) is 0 Å². The van der Waals surface area contributed by atoms with Crippen LogP contribution in [0.5, 0.6) is 0 Å². The minimum atomic E-state index is -0.105. The van der Waals surface area contributed by atoms with Crippen molar-refractivity contribution in [2.45, 2.75) is 13.5 Å². The average Bonchev–Trinajstić information content (AvgIpc) is 2.35. The number of anilines is 2. The van der Waals surface area contributed by atoms with E-state index in [1.54, 1.807) is 12.3 Å². The van der Waals surface area contributed by atoms with Crippen LogP contribution in [-0.2, 0) is 6.61 Å². The quantitative estimate of drug-likeness (QED) is 0.878. The first-order valence-electron chi connectivity index (χ1n) is 5.15. The fraction of sp³-hybridized carbons (Fsp3) is 0.167. The molecule has 88 valence electrons. The number of nitrogens with one attached hydrogen (secondary N) is 1. The lowest BCUT2D eigenvalue weighted by atomic mass is 10.2. The van der Waals surface area contributed by atoms with E-state index in [4.69, 9.17) is 16.7 Å². The molecule has 2 rings (SSSR count). The summed E-state index contributed by atoms with van der Waals surface area (Å²) in [6.07, 6.45) is 1.60. The highest BCUT2D eigenvalue weighted by Crippen LogP contribution is 2.24. The third-order valence-corrected chi connectivity index (χ3v) is 2.80. The summed E-state index contributed by atoms with van der Waals surface area (Å²) in [7, 11) is 0. The molecule has 0 radical (unpaired) electrons. The molecule has 0 unspecified atom stereocenters. The van der Waals surface area contributed by atoms with Crippen molar-refractivity contribution in [1.82, 2.24) is 9.97 Å². The SMILES string of the molecule is Cc1c(Cl)cccc1Nc1nccc(CO)n1. The van der Waals surface area contributed by atoms with Crippen LogP contribution in [0.1, 0.15) is 11.3 Å². The van der Waals surface area contributed by atoms with Crippen LogP contribution in [0.25, 0.3) is 0 Å². The van der Waals surface area contributed by atoms with Gasteiger partial charge < -0.3 is 10.4 Å². The number of aliphatic hydroxyl groups is 1. The second kappa shape index (κ2) is 5.12. The van der Waals surface area contributed by atoms with Crippen LogP contribution in [0.2, 0.25) is 5.02 Å². The second-order valence-corrected chi connectivity index (χ2v) is 3.97. The number of halogens is 1. The molecule has 2 N–H and O–H groups in total. The van der Waals surface area contributed by atoms with Crippen molar-refractivity contribution in [3.05, 3.63) is 46.7 Å². The highest BCUT2D eigenvalue weighted by Gasteiger charge is 2.04. The normalized spacial score (nSPS) is 10.3. The van der Waals surface area contributed by atoms with Gasteiger partial charge in [0.15, 0.2) is 0 Å². The Morgan fingerprint density at radius 3 is 2.94 bits per heavy atom. The van der Waals surface area contributed by atoms with Crippen molar-refractivity contribution in [3.63, 3.8) is 0 Å². The van der Waals surface area contributed by atoms with Crippen molar-refractivity contribution < 1.29 is 5.11 Å². The van der Waals surface area contributed by atoms with Gasteiger partial charge in [-0.3, -0.25) is 0 Å². The van der Waals surface area contributed by atoms with Gasteiger partial charge in [-0.1, -0.05) is 17.7 Å². The zero-order valence-corrected chi connectivity index (χ0v) is 10.1. The molecule has 0 spiro atoms. The molecule has 4 nitrogen and oxygen atoms in total. The molecular weight excluding hydrogens is 238 g/mol. The maximum absolute atomic E-state index is 8.99. The van der Waals surface area contributed by atoms with E-state index in [0.717, 1.165) is 11.3 Å². The lowest BCUT2D eigenvalue weighted by Gasteiger charge is -2.09. The van der Waals surface area contributed by atoms with Crippen molar-refractivity contribution >= 4 is 23.2 Å². The van der Waals surface area contributed by atoms with Gasteiger partial charge in [0.2, 0.25) is 5.95 Å². The molecule has 5 heteroatoms. The predicted octanol–water partition coefficient (Wildman–Crippen LogP) is 2.67. The van der Waals surface area contributed by atoms with Gasteiger partial charge >= 0.3 is 0 Å². The Morgan fingerprint density at radius 2 is 2.18 bits per heavy atom. The summed E-state index contributed by atoms with van der Waals surface area (Å²) in [5.74, 6) is 0.446. The zero-order valence-electron chi connectivity index (χ0n) is 9.31. The fourth-order valence-corrected chi connectivity index (χ4v) is 1.58. The highest BCUT2D eigenvalue weighted by atomic mass is 35.5. The van der Waals surface area contributed by atoms with Gasteiger partial charge in [0.1, 0.15) is 0 Å². The van der Waals surface area contributed by atoms with Crippen LogP contribution in [0.3, 0.4) is 0 Å². The summed E-state index contributed by atoms with van der Waals surface area (Å²) in [5.41, 5.74) is 2.36. The van der Waals surface area contributed by atoms with Crippen LogP contribution in [0, 0.1) is 6.92 Å². The van der Waals surface area contributed by atoms with Gasteiger partial charge in [0, 0.05) is 16.9 Å². The monoisotopic (exact) mass is 249 g/mol. The second-order valence-electron chi connectivity index (χ2n) is 3.57. The Bertz CT molecular complexity index is 531. The molecule has 0 fully saturated rings. The average molecular weight is 250 g/mol. The van der Waals surface area contributed by atoms with Crippen LogP contribution in [0.4, 0.5) is 11.6 Å². The van der Waals surface area contributed by atoms with E-state index in [-0.39, 0.29) is 6.61 Å². The van der Waals surface area contributed by atoms with Crippen LogP contribution >= 0.6 is 11.6 Å². The van der Waals surface area contributed by atoms with Crippen molar-refractivity contribution in [1.29, 1.82) is 0 Å². The van der Waals surface area contributed by atoms with E-state index in [2.05, 4.69) is 15.3 Å². The molecule has 0 aliphatic rings. The molecule has 2 aromatic rings. The molecule has 0 atom stereocenters. The third-order valence-electron chi connectivity index (χ3n) is 2.39. The Balaban J connectivity index is 2.28. The van der Waals surface area contributed by atoms with Crippen molar-refractivity contribution in [2.24, 2.45) is 0 Å². The largest absolute Gasteiger partial charge is 0.390 e. The Morgan fingerprint density at radius 1 is 1.35 bits per heavy atom. The van der Waals surface area contributed by atoms with E-state index < -0.39 is 0 Å². The van der Waals surface area contributed by atoms with E-state index in [1.807, 2.05) is 25.1 Å². The molecule has 0 amide bonds. The molecule has 0 aliphatic heterocycles. The lowest BCUT2D eigenvalue weighted by molar-refractivity contribution is 0.277. The number of benzene rings is 1. The van der Waals surface area contributed by atoms with Crippen LogP contribution in [0.15, 0.2) is 30.5 Å². The lowest BCUT2D eigenvalue weighted by Crippen LogP contribution is -2.01. The first kappa shape index (κ1) is 11.8. The molecule has 1 aromatic heterocycles. The highest BCUT2D eigenvalue weighted by molar-refractivity contribution is 6.31. The summed E-state index contributed by atoms with van der Waals surface area (Å²) < 4.78 is 0. The zero-order chi connectivity index (χ0) is 12.3. The van der Waals surface area contributed by atoms with Crippen molar-refractivity contribution in [3.8, 4) is 0 Å². The summed E-state index contributed by atoms with van der Waals surface area (Å²) in [6, 6.07) is 7.24. The number of aliphatic hydroxyl groups excluding tert-OH is 1. The summed E-state index contributed by atoms with van der Waals surface area (Å²) in [6.45, 7) is 1.81.